The van der Waals surface area contributed by atoms with Gasteiger partial charge in [0.25, 0.3) is 0 Å². The van der Waals surface area contributed by atoms with Crippen LogP contribution in [-0.4, -0.2) is 27.6 Å². The van der Waals surface area contributed by atoms with E-state index in [0.29, 0.717) is 5.92 Å². The number of hydroxylamine groups is 2. The third-order valence-electron chi connectivity index (χ3n) is 4.48. The number of thioether (sulfide) groups is 1. The molecule has 3 atom stereocenters. The SMILES string of the molecule is CC(N)SC1CCC(C2CCCCCC2)CN1O. The van der Waals surface area contributed by atoms with Crippen molar-refractivity contribution in [2.24, 2.45) is 17.6 Å². The summed E-state index contributed by atoms with van der Waals surface area (Å²) in [6, 6.07) is 0. The van der Waals surface area contributed by atoms with Crippen LogP contribution in [-0.2, 0) is 0 Å². The van der Waals surface area contributed by atoms with Crippen LogP contribution in [0.2, 0.25) is 0 Å². The van der Waals surface area contributed by atoms with Crippen molar-refractivity contribution < 1.29 is 5.21 Å². The summed E-state index contributed by atoms with van der Waals surface area (Å²) >= 11 is 1.69. The van der Waals surface area contributed by atoms with Gasteiger partial charge in [-0.25, -0.2) is 0 Å². The van der Waals surface area contributed by atoms with Crippen LogP contribution in [0.3, 0.4) is 0 Å². The lowest BCUT2D eigenvalue weighted by atomic mass is 9.81. The zero-order chi connectivity index (χ0) is 13.0. The molecular formula is C14H28N2OS. The maximum absolute atomic E-state index is 10.1. The molecule has 0 bridgehead atoms. The van der Waals surface area contributed by atoms with E-state index < -0.39 is 0 Å². The number of hydrogen-bond acceptors (Lipinski definition) is 4. The van der Waals surface area contributed by atoms with Crippen molar-refractivity contribution in [3.8, 4) is 0 Å². The van der Waals surface area contributed by atoms with E-state index in [0.717, 1.165) is 18.9 Å². The molecule has 0 radical (unpaired) electrons. The molecule has 1 saturated carbocycles. The standard InChI is InChI=1S/C14H28N2OS/c1-11(15)18-14-9-8-13(10-16(14)17)12-6-4-2-3-5-7-12/h11-14,17H,2-10,15H2,1H3. The third kappa shape index (κ3) is 4.12. The molecule has 2 aliphatic rings. The molecule has 1 heterocycles. The van der Waals surface area contributed by atoms with Gasteiger partial charge in [0.05, 0.1) is 5.37 Å². The maximum atomic E-state index is 10.1. The molecule has 0 aromatic carbocycles. The molecule has 2 fully saturated rings. The summed E-state index contributed by atoms with van der Waals surface area (Å²) in [6.45, 7) is 2.85. The Morgan fingerprint density at radius 2 is 1.72 bits per heavy atom. The molecular weight excluding hydrogens is 244 g/mol. The number of nitrogens with two attached hydrogens (primary N) is 1. The lowest BCUT2D eigenvalue weighted by Gasteiger charge is -2.39. The van der Waals surface area contributed by atoms with E-state index in [9.17, 15) is 5.21 Å². The highest BCUT2D eigenvalue weighted by atomic mass is 32.2. The van der Waals surface area contributed by atoms with Crippen LogP contribution in [0.5, 0.6) is 0 Å². The minimum absolute atomic E-state index is 0.110. The minimum Gasteiger partial charge on any atom is -0.320 e. The van der Waals surface area contributed by atoms with E-state index >= 15 is 0 Å². The zero-order valence-electron chi connectivity index (χ0n) is 11.6. The van der Waals surface area contributed by atoms with Crippen LogP contribution in [0.15, 0.2) is 0 Å². The Labute approximate surface area is 115 Å². The molecule has 0 spiro atoms. The Kier molecular flexibility index (Phi) is 5.80. The maximum Gasteiger partial charge on any atom is 0.0818 e. The molecule has 1 aliphatic heterocycles. The van der Waals surface area contributed by atoms with Gasteiger partial charge in [-0.15, -0.1) is 11.8 Å². The van der Waals surface area contributed by atoms with E-state index in [-0.39, 0.29) is 10.7 Å². The fourth-order valence-electron chi connectivity index (χ4n) is 3.51. The monoisotopic (exact) mass is 272 g/mol. The number of hydrogen-bond donors (Lipinski definition) is 2. The third-order valence-corrected chi connectivity index (χ3v) is 5.70. The summed E-state index contributed by atoms with van der Waals surface area (Å²) in [4.78, 5) is 0. The number of piperidine rings is 1. The van der Waals surface area contributed by atoms with Crippen LogP contribution in [0.25, 0.3) is 0 Å². The summed E-state index contributed by atoms with van der Waals surface area (Å²) in [5.41, 5.74) is 5.81. The average molecular weight is 272 g/mol. The van der Waals surface area contributed by atoms with E-state index in [1.165, 1.54) is 44.9 Å². The molecule has 106 valence electrons. The van der Waals surface area contributed by atoms with Crippen LogP contribution in [0, 0.1) is 11.8 Å². The number of rotatable bonds is 3. The van der Waals surface area contributed by atoms with Crippen LogP contribution < -0.4 is 5.73 Å². The smallest absolute Gasteiger partial charge is 0.0818 e. The molecule has 0 amide bonds. The van der Waals surface area contributed by atoms with Crippen molar-refractivity contribution in [3.05, 3.63) is 0 Å². The van der Waals surface area contributed by atoms with Gasteiger partial charge in [-0.1, -0.05) is 38.5 Å². The van der Waals surface area contributed by atoms with Crippen molar-refractivity contribution in [3.63, 3.8) is 0 Å². The van der Waals surface area contributed by atoms with E-state index in [1.807, 2.05) is 6.92 Å². The zero-order valence-corrected chi connectivity index (χ0v) is 12.4. The Bertz CT molecular complexity index is 242. The summed E-state index contributed by atoms with van der Waals surface area (Å²) < 4.78 is 0. The molecule has 0 aromatic heterocycles. The lowest BCUT2D eigenvalue weighted by Crippen LogP contribution is -2.42. The molecule has 1 aliphatic carbocycles. The molecule has 2 rings (SSSR count). The molecule has 4 heteroatoms. The van der Waals surface area contributed by atoms with Gasteiger partial charge in [-0.3, -0.25) is 0 Å². The fraction of sp³-hybridized carbons (Fsp3) is 1.00. The normalized spacial score (nSPS) is 34.2. The van der Waals surface area contributed by atoms with Crippen LogP contribution in [0.1, 0.15) is 58.3 Å². The van der Waals surface area contributed by atoms with Crippen molar-refractivity contribution in [2.45, 2.75) is 69.0 Å². The van der Waals surface area contributed by atoms with Gasteiger partial charge in [0, 0.05) is 11.9 Å². The first-order valence-electron chi connectivity index (χ1n) is 7.53. The first kappa shape index (κ1) is 14.6. The molecule has 3 unspecified atom stereocenters. The first-order chi connectivity index (χ1) is 8.66. The Morgan fingerprint density at radius 3 is 2.28 bits per heavy atom. The molecule has 0 aromatic rings. The highest BCUT2D eigenvalue weighted by Gasteiger charge is 2.32. The van der Waals surface area contributed by atoms with Gasteiger partial charge in [0.15, 0.2) is 0 Å². The summed E-state index contributed by atoms with van der Waals surface area (Å²) in [5.74, 6) is 1.56. The summed E-state index contributed by atoms with van der Waals surface area (Å²) in [6.07, 6.45) is 10.7. The fourth-order valence-corrected chi connectivity index (χ4v) is 4.50. The van der Waals surface area contributed by atoms with Crippen molar-refractivity contribution in [1.82, 2.24) is 5.06 Å². The molecule has 1 saturated heterocycles. The summed E-state index contributed by atoms with van der Waals surface area (Å²) in [7, 11) is 0. The largest absolute Gasteiger partial charge is 0.320 e. The molecule has 18 heavy (non-hydrogen) atoms. The van der Waals surface area contributed by atoms with Crippen LogP contribution >= 0.6 is 11.8 Å². The highest BCUT2D eigenvalue weighted by molar-refractivity contribution is 8.00. The van der Waals surface area contributed by atoms with E-state index in [1.54, 1.807) is 16.8 Å². The summed E-state index contributed by atoms with van der Waals surface area (Å²) in [5, 5.41) is 12.0. The van der Waals surface area contributed by atoms with Crippen LogP contribution in [0.4, 0.5) is 0 Å². The highest BCUT2D eigenvalue weighted by Crippen LogP contribution is 2.37. The van der Waals surface area contributed by atoms with Gasteiger partial charge >= 0.3 is 0 Å². The van der Waals surface area contributed by atoms with Gasteiger partial charge in [-0.2, -0.15) is 5.06 Å². The second-order valence-corrected chi connectivity index (χ2v) is 7.57. The van der Waals surface area contributed by atoms with E-state index in [2.05, 4.69) is 0 Å². The van der Waals surface area contributed by atoms with Crippen molar-refractivity contribution in [2.75, 3.05) is 6.54 Å². The Morgan fingerprint density at radius 1 is 1.06 bits per heavy atom. The van der Waals surface area contributed by atoms with Gasteiger partial charge in [0.2, 0.25) is 0 Å². The molecule has 3 nitrogen and oxygen atoms in total. The molecule has 3 N–H and O–H groups in total. The quantitative estimate of drug-likeness (QED) is 0.610. The van der Waals surface area contributed by atoms with Gasteiger partial charge in [0.1, 0.15) is 0 Å². The first-order valence-corrected chi connectivity index (χ1v) is 8.47. The minimum atomic E-state index is 0.110. The predicted molar refractivity (Wildman–Crippen MR) is 77.4 cm³/mol. The lowest BCUT2D eigenvalue weighted by molar-refractivity contribution is -0.135. The van der Waals surface area contributed by atoms with Gasteiger partial charge in [-0.05, 0) is 31.6 Å². The van der Waals surface area contributed by atoms with Crippen molar-refractivity contribution in [1.29, 1.82) is 0 Å². The van der Waals surface area contributed by atoms with E-state index in [4.69, 9.17) is 5.73 Å². The average Bonchev–Trinajstić information content (AvgIpc) is 2.60. The Hall–Kier alpha value is 0.230. The number of nitrogens with zero attached hydrogens (tertiary/aromatic N) is 1. The second-order valence-electron chi connectivity index (χ2n) is 6.01. The Balaban J connectivity index is 1.82. The topological polar surface area (TPSA) is 49.5 Å². The second kappa shape index (κ2) is 7.13. The van der Waals surface area contributed by atoms with Gasteiger partial charge < -0.3 is 10.9 Å². The predicted octanol–water partition coefficient (Wildman–Crippen LogP) is 3.42. The van der Waals surface area contributed by atoms with Crippen molar-refractivity contribution >= 4 is 11.8 Å².